The summed E-state index contributed by atoms with van der Waals surface area (Å²) in [6, 6.07) is 13.6. The summed E-state index contributed by atoms with van der Waals surface area (Å²) in [6.07, 6.45) is -0.0701. The van der Waals surface area contributed by atoms with Crippen LogP contribution in [0.5, 0.6) is 0 Å². The minimum absolute atomic E-state index is 0.0701. The second-order valence-electron chi connectivity index (χ2n) is 6.96. The Morgan fingerprint density at radius 3 is 2.32 bits per heavy atom. The van der Waals surface area contributed by atoms with Gasteiger partial charge in [0.25, 0.3) is 0 Å². The second-order valence-corrected chi connectivity index (χ2v) is 7.78. The summed E-state index contributed by atoms with van der Waals surface area (Å²) in [5.74, 6) is -0.959. The molecule has 2 aromatic carbocycles. The molecule has 1 unspecified atom stereocenters. The van der Waals surface area contributed by atoms with Crippen LogP contribution in [0, 0.1) is 13.8 Å². The lowest BCUT2D eigenvalue weighted by Crippen LogP contribution is -2.36. The van der Waals surface area contributed by atoms with Gasteiger partial charge in [-0.3, -0.25) is 4.79 Å². The Morgan fingerprint density at radius 2 is 1.71 bits per heavy atom. The number of hydrogen-bond donors (Lipinski definition) is 1. The molecule has 0 aliphatic heterocycles. The number of nitrogens with one attached hydrogen (secondary N) is 1. The maximum Gasteiger partial charge on any atom is 0.333 e. The SMILES string of the molecule is CCOC(=O)C(NC(=O)Cc1c(Cl)cccc1Cl)c1c(C)nn(-c2ccccc2)c1C. The van der Waals surface area contributed by atoms with Gasteiger partial charge >= 0.3 is 5.97 Å². The lowest BCUT2D eigenvalue weighted by atomic mass is 10.0. The van der Waals surface area contributed by atoms with Crippen LogP contribution in [0.25, 0.3) is 5.69 Å². The predicted molar refractivity (Wildman–Crippen MR) is 121 cm³/mol. The van der Waals surface area contributed by atoms with Gasteiger partial charge in [0, 0.05) is 21.3 Å². The molecule has 0 aliphatic rings. The van der Waals surface area contributed by atoms with E-state index in [0.29, 0.717) is 26.9 Å². The van der Waals surface area contributed by atoms with Gasteiger partial charge in [-0.1, -0.05) is 47.5 Å². The molecule has 3 rings (SSSR count). The van der Waals surface area contributed by atoms with Gasteiger partial charge in [0.2, 0.25) is 5.91 Å². The van der Waals surface area contributed by atoms with E-state index in [1.165, 1.54) is 0 Å². The fourth-order valence-electron chi connectivity index (χ4n) is 3.44. The van der Waals surface area contributed by atoms with Crippen LogP contribution in [0.2, 0.25) is 10.0 Å². The molecule has 0 fully saturated rings. The van der Waals surface area contributed by atoms with Crippen LogP contribution >= 0.6 is 23.2 Å². The number of esters is 1. The summed E-state index contributed by atoms with van der Waals surface area (Å²) in [6.45, 7) is 5.55. The Labute approximate surface area is 191 Å². The van der Waals surface area contributed by atoms with Crippen molar-refractivity contribution in [2.24, 2.45) is 0 Å². The number of aromatic nitrogens is 2. The zero-order valence-corrected chi connectivity index (χ0v) is 19.0. The molecule has 8 heteroatoms. The number of benzene rings is 2. The standard InChI is InChI=1S/C23H23Cl2N3O3/c1-4-31-23(30)22(26-20(29)13-17-18(24)11-8-12-19(17)25)21-14(2)27-28(15(21)3)16-9-6-5-7-10-16/h5-12,22H,4,13H2,1-3H3,(H,26,29). The Morgan fingerprint density at radius 1 is 1.06 bits per heavy atom. The maximum absolute atomic E-state index is 12.8. The van der Waals surface area contributed by atoms with E-state index in [-0.39, 0.29) is 13.0 Å². The third-order valence-electron chi connectivity index (χ3n) is 4.86. The monoisotopic (exact) mass is 459 g/mol. The predicted octanol–water partition coefficient (Wildman–Crippen LogP) is 4.76. The molecule has 6 nitrogen and oxygen atoms in total. The van der Waals surface area contributed by atoms with E-state index < -0.39 is 17.9 Å². The first-order chi connectivity index (χ1) is 14.8. The zero-order valence-electron chi connectivity index (χ0n) is 17.5. The first kappa shape index (κ1) is 22.8. The Kier molecular flexibility index (Phi) is 7.36. The summed E-state index contributed by atoms with van der Waals surface area (Å²) in [5, 5.41) is 8.14. The molecule has 1 N–H and O–H groups in total. The van der Waals surface area contributed by atoms with Crippen molar-refractivity contribution in [1.29, 1.82) is 0 Å². The number of carbonyl (C=O) groups is 2. The number of ether oxygens (including phenoxy) is 1. The largest absolute Gasteiger partial charge is 0.464 e. The molecule has 3 aromatic rings. The summed E-state index contributed by atoms with van der Waals surface area (Å²) >= 11 is 12.4. The number of amides is 1. The van der Waals surface area contributed by atoms with Crippen LogP contribution in [-0.4, -0.2) is 28.3 Å². The molecule has 1 amide bonds. The lowest BCUT2D eigenvalue weighted by Gasteiger charge is -2.19. The third-order valence-corrected chi connectivity index (χ3v) is 5.57. The molecule has 0 radical (unpaired) electrons. The van der Waals surface area contributed by atoms with Crippen LogP contribution in [0.4, 0.5) is 0 Å². The van der Waals surface area contributed by atoms with Crippen molar-refractivity contribution in [3.63, 3.8) is 0 Å². The van der Waals surface area contributed by atoms with Gasteiger partial charge in [0.1, 0.15) is 0 Å². The van der Waals surface area contributed by atoms with E-state index in [2.05, 4.69) is 10.4 Å². The highest BCUT2D eigenvalue weighted by Crippen LogP contribution is 2.27. The van der Waals surface area contributed by atoms with E-state index in [4.69, 9.17) is 27.9 Å². The third kappa shape index (κ3) is 5.09. The van der Waals surface area contributed by atoms with Crippen LogP contribution < -0.4 is 5.32 Å². The quantitative estimate of drug-likeness (QED) is 0.516. The second kappa shape index (κ2) is 9.98. The first-order valence-corrected chi connectivity index (χ1v) is 10.6. The minimum Gasteiger partial charge on any atom is -0.464 e. The van der Waals surface area contributed by atoms with Crippen LogP contribution in [-0.2, 0) is 20.7 Å². The number of para-hydroxylation sites is 1. The molecule has 0 bridgehead atoms. The van der Waals surface area contributed by atoms with Gasteiger partial charge < -0.3 is 10.1 Å². The Bertz CT molecular complexity index is 1080. The number of halogens is 2. The summed E-state index contributed by atoms with van der Waals surface area (Å²) in [7, 11) is 0. The number of nitrogens with zero attached hydrogens (tertiary/aromatic N) is 2. The molecule has 1 atom stereocenters. The number of hydrogen-bond acceptors (Lipinski definition) is 4. The molecule has 162 valence electrons. The highest BCUT2D eigenvalue weighted by Gasteiger charge is 2.30. The van der Waals surface area contributed by atoms with Gasteiger partial charge in [-0.15, -0.1) is 0 Å². The Hall–Kier alpha value is -2.83. The van der Waals surface area contributed by atoms with Crippen LogP contribution in [0.15, 0.2) is 48.5 Å². The van der Waals surface area contributed by atoms with Crippen molar-refractivity contribution >= 4 is 35.1 Å². The van der Waals surface area contributed by atoms with Crippen molar-refractivity contribution in [2.45, 2.75) is 33.2 Å². The van der Waals surface area contributed by atoms with E-state index in [0.717, 1.165) is 11.4 Å². The van der Waals surface area contributed by atoms with Crippen molar-refractivity contribution in [1.82, 2.24) is 15.1 Å². The zero-order chi connectivity index (χ0) is 22.5. The average molecular weight is 460 g/mol. The molecule has 1 aromatic heterocycles. The molecule has 0 aliphatic carbocycles. The smallest absolute Gasteiger partial charge is 0.333 e. The molecular formula is C23H23Cl2N3O3. The average Bonchev–Trinajstić information content (AvgIpc) is 3.04. The van der Waals surface area contributed by atoms with Gasteiger partial charge in [-0.2, -0.15) is 5.10 Å². The number of carbonyl (C=O) groups excluding carboxylic acids is 2. The van der Waals surface area contributed by atoms with Crippen molar-refractivity contribution in [3.05, 3.63) is 81.1 Å². The number of rotatable bonds is 7. The van der Waals surface area contributed by atoms with Crippen molar-refractivity contribution < 1.29 is 14.3 Å². The fourth-order valence-corrected chi connectivity index (χ4v) is 3.97. The van der Waals surface area contributed by atoms with Crippen LogP contribution in [0.1, 0.15) is 35.5 Å². The first-order valence-electron chi connectivity index (χ1n) is 9.83. The molecule has 31 heavy (non-hydrogen) atoms. The lowest BCUT2D eigenvalue weighted by molar-refractivity contribution is -0.147. The number of aryl methyl sites for hydroxylation is 1. The maximum atomic E-state index is 12.8. The van der Waals surface area contributed by atoms with E-state index >= 15 is 0 Å². The summed E-state index contributed by atoms with van der Waals surface area (Å²) in [5.41, 5.74) is 3.31. The van der Waals surface area contributed by atoms with Gasteiger partial charge in [-0.05, 0) is 50.6 Å². The Balaban J connectivity index is 1.94. The van der Waals surface area contributed by atoms with Gasteiger partial charge in [-0.25, -0.2) is 9.48 Å². The fraction of sp³-hybridized carbons (Fsp3) is 0.261. The molecular weight excluding hydrogens is 437 g/mol. The van der Waals surface area contributed by atoms with Gasteiger partial charge in [0.05, 0.1) is 24.4 Å². The topological polar surface area (TPSA) is 73.2 Å². The highest BCUT2D eigenvalue weighted by atomic mass is 35.5. The van der Waals surface area contributed by atoms with Crippen molar-refractivity contribution in [2.75, 3.05) is 6.61 Å². The van der Waals surface area contributed by atoms with Crippen LogP contribution in [0.3, 0.4) is 0 Å². The summed E-state index contributed by atoms with van der Waals surface area (Å²) < 4.78 is 6.98. The molecule has 0 saturated heterocycles. The normalized spacial score (nSPS) is 11.8. The van der Waals surface area contributed by atoms with E-state index in [1.807, 2.05) is 37.3 Å². The van der Waals surface area contributed by atoms with E-state index in [1.54, 1.807) is 36.7 Å². The molecule has 0 saturated carbocycles. The van der Waals surface area contributed by atoms with Gasteiger partial charge in [0.15, 0.2) is 6.04 Å². The summed E-state index contributed by atoms with van der Waals surface area (Å²) in [4.78, 5) is 25.6. The minimum atomic E-state index is -1.01. The molecule has 1 heterocycles. The molecule has 0 spiro atoms. The highest BCUT2D eigenvalue weighted by molar-refractivity contribution is 6.36. The van der Waals surface area contributed by atoms with Crippen molar-refractivity contribution in [3.8, 4) is 5.69 Å². The van der Waals surface area contributed by atoms with E-state index in [9.17, 15) is 9.59 Å².